The van der Waals surface area contributed by atoms with Crippen LogP contribution < -0.4 is 9.47 Å². The number of halogens is 1. The molecule has 0 saturated carbocycles. The molecule has 0 N–H and O–H groups in total. The second-order valence-electron chi connectivity index (χ2n) is 6.86. The lowest BCUT2D eigenvalue weighted by Gasteiger charge is -2.29. The Kier molecular flexibility index (Phi) is 8.23. The third kappa shape index (κ3) is 6.23. The Morgan fingerprint density at radius 1 is 0.966 bits per heavy atom. The van der Waals surface area contributed by atoms with E-state index in [0.717, 1.165) is 20.3 Å². The molecule has 0 aliphatic carbocycles. The lowest BCUT2D eigenvalue weighted by molar-refractivity contribution is -0.146. The molecular weight excluding hydrogens is 389 g/mol. The van der Waals surface area contributed by atoms with Gasteiger partial charge in [0.2, 0.25) is 0 Å². The maximum atomic E-state index is 14.6. The molecule has 0 aliphatic heterocycles. The molecule has 9 nitrogen and oxygen atoms in total. The van der Waals surface area contributed by atoms with Crippen LogP contribution >= 0.6 is 0 Å². The number of carbonyl (C=O) groups is 3. The van der Waals surface area contributed by atoms with Gasteiger partial charge >= 0.3 is 18.2 Å². The number of imide groups is 1. The molecule has 0 radical (unpaired) electrons. The van der Waals surface area contributed by atoms with E-state index in [-0.39, 0.29) is 17.1 Å². The molecule has 29 heavy (non-hydrogen) atoms. The van der Waals surface area contributed by atoms with Gasteiger partial charge < -0.3 is 23.7 Å². The summed E-state index contributed by atoms with van der Waals surface area (Å²) in [6.45, 7) is 4.75. The molecular formula is C19H26FNO8. The number of methoxy groups -OCH3 is 4. The summed E-state index contributed by atoms with van der Waals surface area (Å²) in [5, 5.41) is 0. The topological polar surface area (TPSA) is 101 Å². The normalized spacial score (nSPS) is 11.9. The Hall–Kier alpha value is -3.04. The average molecular weight is 415 g/mol. The number of hydrogen-bond donors (Lipinski definition) is 0. The lowest BCUT2D eigenvalue weighted by atomic mass is 10.0. The highest BCUT2D eigenvalue weighted by molar-refractivity contribution is 5.94. The van der Waals surface area contributed by atoms with E-state index in [2.05, 4.69) is 4.74 Å². The second-order valence-corrected chi connectivity index (χ2v) is 6.86. The van der Waals surface area contributed by atoms with Crippen LogP contribution in [-0.4, -0.2) is 63.1 Å². The molecule has 0 bridgehead atoms. The van der Waals surface area contributed by atoms with Crippen molar-refractivity contribution in [3.8, 4) is 11.5 Å². The first-order chi connectivity index (χ1) is 13.5. The number of hydrogen-bond acceptors (Lipinski definition) is 8. The van der Waals surface area contributed by atoms with E-state index in [1.54, 1.807) is 20.8 Å². The summed E-state index contributed by atoms with van der Waals surface area (Å²) >= 11 is 0. The van der Waals surface area contributed by atoms with Gasteiger partial charge in [0.15, 0.2) is 11.5 Å². The van der Waals surface area contributed by atoms with E-state index in [4.69, 9.17) is 18.9 Å². The van der Waals surface area contributed by atoms with Crippen molar-refractivity contribution < 1.29 is 42.5 Å². The Morgan fingerprint density at radius 3 is 1.97 bits per heavy atom. The Balaban J connectivity index is 3.42. The summed E-state index contributed by atoms with van der Waals surface area (Å²) in [5.74, 6) is -1.35. The summed E-state index contributed by atoms with van der Waals surface area (Å²) in [7, 11) is 4.81. The highest BCUT2D eigenvalue weighted by Crippen LogP contribution is 2.31. The zero-order chi connectivity index (χ0) is 22.4. The Bertz CT molecular complexity index is 759. The number of ether oxygens (including phenoxy) is 5. The first-order valence-electron chi connectivity index (χ1n) is 8.57. The van der Waals surface area contributed by atoms with E-state index < -0.39 is 42.0 Å². The number of benzene rings is 1. The predicted octanol–water partition coefficient (Wildman–Crippen LogP) is 2.93. The second kappa shape index (κ2) is 9.94. The zero-order valence-electron chi connectivity index (χ0n) is 17.5. The number of amides is 2. The molecule has 1 aromatic carbocycles. The molecule has 0 unspecified atom stereocenters. The molecule has 0 aliphatic rings. The van der Waals surface area contributed by atoms with Crippen LogP contribution in [0, 0.1) is 5.82 Å². The molecule has 1 atom stereocenters. The van der Waals surface area contributed by atoms with Crippen molar-refractivity contribution in [3.05, 3.63) is 23.5 Å². The smallest absolute Gasteiger partial charge is 0.420 e. The van der Waals surface area contributed by atoms with Crippen LogP contribution in [0.15, 0.2) is 12.1 Å². The van der Waals surface area contributed by atoms with Crippen LogP contribution in [0.25, 0.3) is 0 Å². The largest absolute Gasteiger partial charge is 0.493 e. The van der Waals surface area contributed by atoms with Crippen LogP contribution in [-0.2, 0) is 25.4 Å². The van der Waals surface area contributed by atoms with Crippen molar-refractivity contribution in [1.82, 2.24) is 4.90 Å². The molecule has 1 aromatic rings. The van der Waals surface area contributed by atoms with Gasteiger partial charge in [-0.3, -0.25) is 0 Å². The zero-order valence-corrected chi connectivity index (χ0v) is 17.5. The van der Waals surface area contributed by atoms with Crippen LogP contribution in [0.1, 0.15) is 26.3 Å². The minimum absolute atomic E-state index is 0.0180. The summed E-state index contributed by atoms with van der Waals surface area (Å²) in [4.78, 5) is 37.7. The first kappa shape index (κ1) is 24.0. The molecule has 0 heterocycles. The fraction of sp³-hybridized carbons (Fsp3) is 0.526. The number of rotatable bonds is 6. The van der Waals surface area contributed by atoms with Crippen molar-refractivity contribution in [2.45, 2.75) is 38.8 Å². The van der Waals surface area contributed by atoms with E-state index in [1.807, 2.05) is 0 Å². The maximum absolute atomic E-state index is 14.6. The van der Waals surface area contributed by atoms with Gasteiger partial charge in [0, 0.05) is 12.5 Å². The van der Waals surface area contributed by atoms with Crippen molar-refractivity contribution in [1.29, 1.82) is 0 Å². The van der Waals surface area contributed by atoms with Gasteiger partial charge in [-0.05, 0) is 32.4 Å². The number of nitrogens with zero attached hydrogens (tertiary/aromatic N) is 1. The molecule has 10 heteroatoms. The van der Waals surface area contributed by atoms with Crippen molar-refractivity contribution >= 4 is 18.2 Å². The highest BCUT2D eigenvalue weighted by atomic mass is 19.1. The fourth-order valence-electron chi connectivity index (χ4n) is 2.42. The Morgan fingerprint density at radius 2 is 1.52 bits per heavy atom. The number of esters is 1. The van der Waals surface area contributed by atoms with Gasteiger partial charge in [0.25, 0.3) is 0 Å². The molecule has 2 amide bonds. The summed E-state index contributed by atoms with van der Waals surface area (Å²) < 4.78 is 39.2. The van der Waals surface area contributed by atoms with E-state index in [9.17, 15) is 18.8 Å². The van der Waals surface area contributed by atoms with E-state index >= 15 is 0 Å². The molecule has 0 fully saturated rings. The minimum Gasteiger partial charge on any atom is -0.493 e. The molecule has 0 aromatic heterocycles. The van der Waals surface area contributed by atoms with Gasteiger partial charge in [0.1, 0.15) is 17.5 Å². The van der Waals surface area contributed by atoms with E-state index in [0.29, 0.717) is 4.90 Å². The molecule has 1 rings (SSSR count). The van der Waals surface area contributed by atoms with Gasteiger partial charge in [-0.25, -0.2) is 18.8 Å². The Labute approximate surface area is 168 Å². The standard InChI is InChI=1S/C19H26FNO8/c1-19(2,3)29-18(24)21(17(23)28-7)13(16(22)27-6)8-11-9-14(25-4)15(26-5)10-12(11)20/h9-10,13H,8H2,1-7H3/t13-/m0/s1. The van der Waals surface area contributed by atoms with Crippen LogP contribution in [0.3, 0.4) is 0 Å². The van der Waals surface area contributed by atoms with Gasteiger partial charge in [-0.2, -0.15) is 4.90 Å². The summed E-state index contributed by atoms with van der Waals surface area (Å²) in [5.41, 5.74) is -0.978. The minimum atomic E-state index is -1.55. The van der Waals surface area contributed by atoms with Crippen molar-refractivity contribution in [2.24, 2.45) is 0 Å². The third-order valence-corrected chi connectivity index (χ3v) is 3.71. The molecule has 0 saturated heterocycles. The maximum Gasteiger partial charge on any atom is 0.420 e. The highest BCUT2D eigenvalue weighted by Gasteiger charge is 2.40. The quantitative estimate of drug-likeness (QED) is 0.516. The van der Waals surface area contributed by atoms with Crippen molar-refractivity contribution in [3.63, 3.8) is 0 Å². The summed E-state index contributed by atoms with van der Waals surface area (Å²) in [6, 6.07) is 0.822. The fourth-order valence-corrected chi connectivity index (χ4v) is 2.42. The average Bonchev–Trinajstić information content (AvgIpc) is 2.65. The lowest BCUT2D eigenvalue weighted by Crippen LogP contribution is -2.51. The van der Waals surface area contributed by atoms with E-state index in [1.165, 1.54) is 20.3 Å². The number of carbonyl (C=O) groups excluding carboxylic acids is 3. The monoisotopic (exact) mass is 415 g/mol. The summed E-state index contributed by atoms with van der Waals surface area (Å²) in [6.07, 6.45) is -2.70. The molecule has 0 spiro atoms. The first-order valence-corrected chi connectivity index (χ1v) is 8.57. The van der Waals surface area contributed by atoms with Crippen LogP contribution in [0.2, 0.25) is 0 Å². The van der Waals surface area contributed by atoms with Gasteiger partial charge in [-0.15, -0.1) is 0 Å². The van der Waals surface area contributed by atoms with Crippen molar-refractivity contribution in [2.75, 3.05) is 28.4 Å². The van der Waals surface area contributed by atoms with Gasteiger partial charge in [-0.1, -0.05) is 0 Å². The molecule has 162 valence electrons. The van der Waals surface area contributed by atoms with Gasteiger partial charge in [0.05, 0.1) is 28.4 Å². The third-order valence-electron chi connectivity index (χ3n) is 3.71. The van der Waals surface area contributed by atoms with Crippen LogP contribution in [0.4, 0.5) is 14.0 Å². The van der Waals surface area contributed by atoms with Crippen LogP contribution in [0.5, 0.6) is 11.5 Å². The SMILES string of the molecule is COC(=O)[C@H](Cc1cc(OC)c(OC)cc1F)N(C(=O)OC)C(=O)OC(C)(C)C. The predicted molar refractivity (Wildman–Crippen MR) is 99.5 cm³/mol.